The van der Waals surface area contributed by atoms with Crippen molar-refractivity contribution in [3.63, 3.8) is 0 Å². The van der Waals surface area contributed by atoms with Gasteiger partial charge in [0.15, 0.2) is 0 Å². The maximum Gasteiger partial charge on any atom is 0.134 e. The van der Waals surface area contributed by atoms with Gasteiger partial charge in [0.25, 0.3) is 0 Å². The Balaban J connectivity index is 1.81. The van der Waals surface area contributed by atoms with Crippen LogP contribution in [-0.4, -0.2) is 6.04 Å². The average molecular weight is 342 g/mol. The zero-order chi connectivity index (χ0) is 18.0. The maximum atomic E-state index is 14.9. The quantitative estimate of drug-likeness (QED) is 0.780. The second-order valence-electron chi connectivity index (χ2n) is 6.66. The summed E-state index contributed by atoms with van der Waals surface area (Å²) in [5.74, 6) is -0.568. The minimum Gasteiger partial charge on any atom is -0.386 e. The van der Waals surface area contributed by atoms with Gasteiger partial charge in [0.2, 0.25) is 0 Å². The molecular weight excluding hydrogens is 318 g/mol. The third-order valence-corrected chi connectivity index (χ3v) is 4.90. The molecule has 0 amide bonds. The van der Waals surface area contributed by atoms with E-state index in [1.54, 1.807) is 25.1 Å². The molecule has 3 rings (SSSR count). The Bertz CT molecular complexity index is 781. The molecule has 2 atom stereocenters. The standard InChI is InChI=1S/C21H24F2N2/c1-4-17-11-18(12-24-17)25-14(3)19-9-10-20(21(23)13(19)2)15-5-7-16(22)8-6-15/h5-10,12,14,17,24-25H,4,11H2,1-3H3. The molecule has 0 aliphatic carbocycles. The molecule has 1 aliphatic heterocycles. The highest BCUT2D eigenvalue weighted by atomic mass is 19.1. The van der Waals surface area contributed by atoms with E-state index in [2.05, 4.69) is 17.6 Å². The van der Waals surface area contributed by atoms with Crippen molar-refractivity contribution in [3.05, 3.63) is 71.1 Å². The van der Waals surface area contributed by atoms with Crippen LogP contribution in [0.3, 0.4) is 0 Å². The molecule has 132 valence electrons. The van der Waals surface area contributed by atoms with E-state index in [1.165, 1.54) is 12.1 Å². The third-order valence-electron chi connectivity index (χ3n) is 4.90. The van der Waals surface area contributed by atoms with Gasteiger partial charge in [0, 0.05) is 36.0 Å². The van der Waals surface area contributed by atoms with E-state index < -0.39 is 0 Å². The monoisotopic (exact) mass is 342 g/mol. The van der Waals surface area contributed by atoms with Gasteiger partial charge >= 0.3 is 0 Å². The zero-order valence-electron chi connectivity index (χ0n) is 14.9. The van der Waals surface area contributed by atoms with Crippen molar-refractivity contribution in [1.29, 1.82) is 0 Å². The van der Waals surface area contributed by atoms with Crippen molar-refractivity contribution in [3.8, 4) is 11.1 Å². The van der Waals surface area contributed by atoms with Crippen molar-refractivity contribution >= 4 is 0 Å². The Labute approximate surface area is 148 Å². The topological polar surface area (TPSA) is 24.1 Å². The van der Waals surface area contributed by atoms with Crippen molar-refractivity contribution in [2.24, 2.45) is 0 Å². The summed E-state index contributed by atoms with van der Waals surface area (Å²) in [6.45, 7) is 6.00. The van der Waals surface area contributed by atoms with Crippen LogP contribution < -0.4 is 10.6 Å². The summed E-state index contributed by atoms with van der Waals surface area (Å²) in [6, 6.07) is 10.1. The SMILES string of the molecule is CCC1CC(NC(C)c2ccc(-c3ccc(F)cc3)c(F)c2C)=CN1. The van der Waals surface area contributed by atoms with E-state index in [9.17, 15) is 8.78 Å². The van der Waals surface area contributed by atoms with Gasteiger partial charge in [0.05, 0.1) is 0 Å². The summed E-state index contributed by atoms with van der Waals surface area (Å²) in [5, 5.41) is 6.82. The van der Waals surface area contributed by atoms with Crippen LogP contribution in [0.4, 0.5) is 8.78 Å². The Morgan fingerprint density at radius 1 is 1.16 bits per heavy atom. The lowest BCUT2D eigenvalue weighted by Gasteiger charge is -2.20. The fraction of sp³-hybridized carbons (Fsp3) is 0.333. The molecule has 0 fully saturated rings. The molecule has 0 spiro atoms. The second kappa shape index (κ2) is 7.26. The number of hydrogen-bond acceptors (Lipinski definition) is 2. The lowest BCUT2D eigenvalue weighted by molar-refractivity contribution is 0.565. The highest BCUT2D eigenvalue weighted by molar-refractivity contribution is 5.66. The summed E-state index contributed by atoms with van der Waals surface area (Å²) in [5.41, 5.74) is 3.90. The van der Waals surface area contributed by atoms with Crippen LogP contribution in [-0.2, 0) is 0 Å². The molecule has 2 N–H and O–H groups in total. The molecule has 0 saturated heterocycles. The molecule has 2 aromatic rings. The van der Waals surface area contributed by atoms with E-state index in [1.807, 2.05) is 19.2 Å². The number of halogens is 2. The molecule has 25 heavy (non-hydrogen) atoms. The van der Waals surface area contributed by atoms with Crippen LogP contribution in [0, 0.1) is 18.6 Å². The van der Waals surface area contributed by atoms with Gasteiger partial charge < -0.3 is 10.6 Å². The first kappa shape index (κ1) is 17.5. The van der Waals surface area contributed by atoms with Crippen molar-refractivity contribution in [2.45, 2.75) is 45.7 Å². The fourth-order valence-corrected chi connectivity index (χ4v) is 3.34. The molecule has 2 unspecified atom stereocenters. The molecule has 1 heterocycles. The average Bonchev–Trinajstić information content (AvgIpc) is 3.05. The molecule has 0 saturated carbocycles. The van der Waals surface area contributed by atoms with Crippen molar-refractivity contribution < 1.29 is 8.78 Å². The van der Waals surface area contributed by atoms with Crippen LogP contribution >= 0.6 is 0 Å². The lowest BCUT2D eigenvalue weighted by Crippen LogP contribution is -2.20. The highest BCUT2D eigenvalue weighted by Gasteiger charge is 2.19. The molecule has 0 aromatic heterocycles. The molecule has 0 radical (unpaired) electrons. The zero-order valence-corrected chi connectivity index (χ0v) is 14.9. The normalized spacial score (nSPS) is 17.8. The first-order valence-electron chi connectivity index (χ1n) is 8.76. The van der Waals surface area contributed by atoms with Crippen LogP contribution in [0.25, 0.3) is 11.1 Å². The van der Waals surface area contributed by atoms with Gasteiger partial charge in [-0.1, -0.05) is 31.2 Å². The summed E-state index contributed by atoms with van der Waals surface area (Å²) in [6.07, 6.45) is 4.06. The number of nitrogens with one attached hydrogen (secondary N) is 2. The summed E-state index contributed by atoms with van der Waals surface area (Å²) < 4.78 is 28.0. The van der Waals surface area contributed by atoms with E-state index in [-0.39, 0.29) is 17.7 Å². The van der Waals surface area contributed by atoms with Crippen LogP contribution in [0.15, 0.2) is 48.3 Å². The summed E-state index contributed by atoms with van der Waals surface area (Å²) in [7, 11) is 0. The highest BCUT2D eigenvalue weighted by Crippen LogP contribution is 2.30. The van der Waals surface area contributed by atoms with E-state index >= 15 is 0 Å². The largest absolute Gasteiger partial charge is 0.386 e. The molecule has 1 aliphatic rings. The Hall–Kier alpha value is -2.36. The van der Waals surface area contributed by atoms with Gasteiger partial charge in [-0.05, 0) is 49.1 Å². The summed E-state index contributed by atoms with van der Waals surface area (Å²) >= 11 is 0. The van der Waals surface area contributed by atoms with Gasteiger partial charge in [-0.25, -0.2) is 8.78 Å². The lowest BCUT2D eigenvalue weighted by atomic mass is 9.95. The number of hydrogen-bond donors (Lipinski definition) is 2. The van der Waals surface area contributed by atoms with Gasteiger partial charge in [-0.3, -0.25) is 0 Å². The molecule has 0 bridgehead atoms. The van der Waals surface area contributed by atoms with Crippen molar-refractivity contribution in [2.75, 3.05) is 0 Å². The molecule has 2 aromatic carbocycles. The Morgan fingerprint density at radius 3 is 2.52 bits per heavy atom. The van der Waals surface area contributed by atoms with Gasteiger partial charge in [0.1, 0.15) is 11.6 Å². The van der Waals surface area contributed by atoms with Crippen LogP contribution in [0.1, 0.15) is 43.9 Å². The first-order valence-corrected chi connectivity index (χ1v) is 8.76. The number of rotatable bonds is 5. The van der Waals surface area contributed by atoms with Gasteiger partial charge in [-0.2, -0.15) is 0 Å². The Kier molecular flexibility index (Phi) is 5.07. The number of benzene rings is 2. The van der Waals surface area contributed by atoms with E-state index in [0.717, 1.165) is 24.1 Å². The maximum absolute atomic E-state index is 14.9. The van der Waals surface area contributed by atoms with Gasteiger partial charge in [-0.15, -0.1) is 0 Å². The van der Waals surface area contributed by atoms with E-state index in [4.69, 9.17) is 0 Å². The first-order chi connectivity index (χ1) is 12.0. The van der Waals surface area contributed by atoms with Crippen LogP contribution in [0.5, 0.6) is 0 Å². The second-order valence-corrected chi connectivity index (χ2v) is 6.66. The molecular formula is C21H24F2N2. The van der Waals surface area contributed by atoms with E-state index in [0.29, 0.717) is 22.7 Å². The minimum atomic E-state index is -0.320. The van der Waals surface area contributed by atoms with Crippen LogP contribution in [0.2, 0.25) is 0 Å². The van der Waals surface area contributed by atoms with Crippen molar-refractivity contribution in [1.82, 2.24) is 10.6 Å². The predicted octanol–water partition coefficient (Wildman–Crippen LogP) is 5.20. The predicted molar refractivity (Wildman–Crippen MR) is 98.0 cm³/mol. The molecule has 4 heteroatoms. The summed E-state index contributed by atoms with van der Waals surface area (Å²) in [4.78, 5) is 0. The Morgan fingerprint density at radius 2 is 1.88 bits per heavy atom. The smallest absolute Gasteiger partial charge is 0.134 e. The minimum absolute atomic E-state index is 0.0143. The third kappa shape index (κ3) is 3.68. The molecule has 2 nitrogen and oxygen atoms in total. The fourth-order valence-electron chi connectivity index (χ4n) is 3.34.